The maximum absolute atomic E-state index is 12.4. The lowest BCUT2D eigenvalue weighted by Gasteiger charge is -2.24. The first-order valence-electron chi connectivity index (χ1n) is 6.82. The molecule has 1 aromatic heterocycles. The predicted octanol–water partition coefficient (Wildman–Crippen LogP) is 0.00750. The van der Waals surface area contributed by atoms with Gasteiger partial charge in [0, 0.05) is 32.3 Å². The summed E-state index contributed by atoms with van der Waals surface area (Å²) in [5.74, 6) is 0.289. The van der Waals surface area contributed by atoms with Gasteiger partial charge in [0.25, 0.3) is 5.91 Å². The number of amides is 1. The average Bonchev–Trinajstić information content (AvgIpc) is 3.09. The quantitative estimate of drug-likeness (QED) is 0.733. The van der Waals surface area contributed by atoms with E-state index in [4.69, 9.17) is 14.4 Å². The van der Waals surface area contributed by atoms with E-state index in [0.717, 1.165) is 19.4 Å². The molecular weight excluding hydrogens is 262 g/mol. The summed E-state index contributed by atoms with van der Waals surface area (Å²) >= 11 is 0. The predicted molar refractivity (Wildman–Crippen MR) is 71.2 cm³/mol. The molecule has 0 saturated carbocycles. The van der Waals surface area contributed by atoms with Crippen molar-refractivity contribution < 1.29 is 19.2 Å². The lowest BCUT2D eigenvalue weighted by molar-refractivity contribution is 0.0695. The summed E-state index contributed by atoms with van der Waals surface area (Å²) < 4.78 is 9.95. The van der Waals surface area contributed by atoms with Crippen molar-refractivity contribution in [3.63, 3.8) is 0 Å². The number of carbonyl (C=O) groups excluding carboxylic acids is 1. The van der Waals surface area contributed by atoms with Crippen LogP contribution in [0.2, 0.25) is 0 Å². The minimum absolute atomic E-state index is 0.0682. The van der Waals surface area contributed by atoms with E-state index in [1.54, 1.807) is 18.1 Å². The summed E-state index contributed by atoms with van der Waals surface area (Å²) in [7, 11) is 1.55. The van der Waals surface area contributed by atoms with Crippen molar-refractivity contribution in [2.45, 2.75) is 25.5 Å². The zero-order chi connectivity index (χ0) is 14.4. The number of nitrogens with one attached hydrogen (secondary N) is 1. The Morgan fingerprint density at radius 3 is 3.20 bits per heavy atom. The Morgan fingerprint density at radius 1 is 1.70 bits per heavy atom. The molecule has 1 unspecified atom stereocenters. The number of aliphatic hydroxyl groups excluding tert-OH is 1. The zero-order valence-corrected chi connectivity index (χ0v) is 11.7. The topological polar surface area (TPSA) is 87.8 Å². The second-order valence-electron chi connectivity index (χ2n) is 4.88. The number of aliphatic hydroxyl groups is 1. The van der Waals surface area contributed by atoms with Crippen LogP contribution < -0.4 is 5.32 Å². The van der Waals surface area contributed by atoms with Crippen LogP contribution >= 0.6 is 0 Å². The number of nitrogens with zero attached hydrogens (tertiary/aromatic N) is 2. The second-order valence-corrected chi connectivity index (χ2v) is 4.88. The minimum Gasteiger partial charge on any atom is -0.395 e. The molecule has 2 rings (SSSR count). The number of methoxy groups -OCH3 is 1. The highest BCUT2D eigenvalue weighted by Gasteiger charge is 2.24. The lowest BCUT2D eigenvalue weighted by Crippen LogP contribution is -2.42. The van der Waals surface area contributed by atoms with Crippen LogP contribution in [0.4, 0.5) is 0 Å². The molecule has 0 aliphatic carbocycles. The fraction of sp³-hybridized carbons (Fsp3) is 0.692. The largest absolute Gasteiger partial charge is 0.395 e. The lowest BCUT2D eigenvalue weighted by atomic mass is 10.2. The molecule has 0 spiro atoms. The van der Waals surface area contributed by atoms with Gasteiger partial charge in [-0.05, 0) is 19.4 Å². The van der Waals surface area contributed by atoms with Crippen LogP contribution in [0.15, 0.2) is 10.6 Å². The van der Waals surface area contributed by atoms with Crippen molar-refractivity contribution >= 4 is 5.91 Å². The van der Waals surface area contributed by atoms with Crippen molar-refractivity contribution in [3.05, 3.63) is 17.5 Å². The number of ether oxygens (including phenoxy) is 1. The molecule has 1 aromatic rings. The molecule has 20 heavy (non-hydrogen) atoms. The molecule has 1 amide bonds. The van der Waals surface area contributed by atoms with Crippen molar-refractivity contribution in [3.8, 4) is 0 Å². The molecule has 1 aliphatic rings. The molecular formula is C13H21N3O4. The maximum Gasteiger partial charge on any atom is 0.276 e. The van der Waals surface area contributed by atoms with Crippen molar-refractivity contribution in [2.24, 2.45) is 0 Å². The Bertz CT molecular complexity index is 429. The van der Waals surface area contributed by atoms with Gasteiger partial charge in [0.1, 0.15) is 6.61 Å². The number of rotatable bonds is 7. The third-order valence-electron chi connectivity index (χ3n) is 3.32. The first-order valence-corrected chi connectivity index (χ1v) is 6.82. The van der Waals surface area contributed by atoms with Crippen LogP contribution in [0.3, 0.4) is 0 Å². The Kier molecular flexibility index (Phi) is 5.51. The van der Waals surface area contributed by atoms with Gasteiger partial charge in [0.05, 0.1) is 6.61 Å². The van der Waals surface area contributed by atoms with Crippen molar-refractivity contribution in [1.82, 2.24) is 15.4 Å². The van der Waals surface area contributed by atoms with Crippen LogP contribution in [0.5, 0.6) is 0 Å². The van der Waals surface area contributed by atoms with Crippen LogP contribution in [-0.4, -0.2) is 60.5 Å². The van der Waals surface area contributed by atoms with Gasteiger partial charge >= 0.3 is 0 Å². The van der Waals surface area contributed by atoms with Gasteiger partial charge in [0.2, 0.25) is 0 Å². The number of carbonyl (C=O) groups is 1. The number of hydrogen-bond acceptors (Lipinski definition) is 6. The van der Waals surface area contributed by atoms with Crippen LogP contribution in [0.1, 0.15) is 29.1 Å². The highest BCUT2D eigenvalue weighted by molar-refractivity contribution is 5.92. The van der Waals surface area contributed by atoms with E-state index in [2.05, 4.69) is 10.5 Å². The first-order chi connectivity index (χ1) is 9.74. The van der Waals surface area contributed by atoms with E-state index < -0.39 is 0 Å². The van der Waals surface area contributed by atoms with Gasteiger partial charge in [-0.3, -0.25) is 4.79 Å². The Hall–Kier alpha value is -1.44. The molecule has 1 saturated heterocycles. The third kappa shape index (κ3) is 3.78. The molecule has 1 atom stereocenters. The van der Waals surface area contributed by atoms with Crippen LogP contribution in [0, 0.1) is 0 Å². The van der Waals surface area contributed by atoms with E-state index in [1.807, 2.05) is 0 Å². The molecule has 2 N–H and O–H groups in total. The zero-order valence-electron chi connectivity index (χ0n) is 11.7. The second kappa shape index (κ2) is 7.37. The van der Waals surface area contributed by atoms with E-state index >= 15 is 0 Å². The standard InChI is InChI=1S/C13H21N3O4/c1-19-9-11-7-12(15-20-11)13(18)16(5-6-17)8-10-3-2-4-14-10/h7,10,14,17H,2-6,8-9H2,1H3. The van der Waals surface area contributed by atoms with E-state index in [9.17, 15) is 4.79 Å². The highest BCUT2D eigenvalue weighted by Crippen LogP contribution is 2.11. The Balaban J connectivity index is 2.00. The summed E-state index contributed by atoms with van der Waals surface area (Å²) in [6.45, 7) is 2.06. The van der Waals surface area contributed by atoms with E-state index in [-0.39, 0.29) is 30.9 Å². The summed E-state index contributed by atoms with van der Waals surface area (Å²) in [4.78, 5) is 14.0. The number of hydrogen-bond donors (Lipinski definition) is 2. The molecule has 2 heterocycles. The fourth-order valence-electron chi connectivity index (χ4n) is 2.36. The SMILES string of the molecule is COCc1cc(C(=O)N(CCO)CC2CCCN2)no1. The van der Waals surface area contributed by atoms with Gasteiger partial charge in [-0.15, -0.1) is 0 Å². The molecule has 0 aromatic carbocycles. The monoisotopic (exact) mass is 283 g/mol. The van der Waals surface area contributed by atoms with Gasteiger partial charge in [-0.1, -0.05) is 5.16 Å². The highest BCUT2D eigenvalue weighted by atomic mass is 16.5. The Labute approximate surface area is 117 Å². The smallest absolute Gasteiger partial charge is 0.276 e. The molecule has 7 nitrogen and oxygen atoms in total. The molecule has 7 heteroatoms. The minimum atomic E-state index is -0.223. The van der Waals surface area contributed by atoms with Crippen LogP contribution in [-0.2, 0) is 11.3 Å². The summed E-state index contributed by atoms with van der Waals surface area (Å²) in [6.07, 6.45) is 2.16. The van der Waals surface area contributed by atoms with Gasteiger partial charge < -0.3 is 24.6 Å². The van der Waals surface area contributed by atoms with Gasteiger partial charge in [-0.2, -0.15) is 0 Å². The maximum atomic E-state index is 12.4. The van der Waals surface area contributed by atoms with Crippen molar-refractivity contribution in [2.75, 3.05) is 33.4 Å². The van der Waals surface area contributed by atoms with Crippen LogP contribution in [0.25, 0.3) is 0 Å². The molecule has 112 valence electrons. The van der Waals surface area contributed by atoms with Crippen molar-refractivity contribution in [1.29, 1.82) is 0 Å². The average molecular weight is 283 g/mol. The van der Waals surface area contributed by atoms with E-state index in [1.165, 1.54) is 0 Å². The van der Waals surface area contributed by atoms with E-state index in [0.29, 0.717) is 18.8 Å². The first kappa shape index (κ1) is 15.0. The normalized spacial score (nSPS) is 18.4. The fourth-order valence-corrected chi connectivity index (χ4v) is 2.36. The third-order valence-corrected chi connectivity index (χ3v) is 3.32. The summed E-state index contributed by atoms with van der Waals surface area (Å²) in [5, 5.41) is 16.2. The molecule has 0 bridgehead atoms. The van der Waals surface area contributed by atoms with Gasteiger partial charge in [-0.25, -0.2) is 0 Å². The number of aromatic nitrogens is 1. The summed E-state index contributed by atoms with van der Waals surface area (Å²) in [5.41, 5.74) is 0.253. The Morgan fingerprint density at radius 2 is 2.55 bits per heavy atom. The summed E-state index contributed by atoms with van der Waals surface area (Å²) in [6, 6.07) is 1.87. The van der Waals surface area contributed by atoms with Gasteiger partial charge in [0.15, 0.2) is 11.5 Å². The molecule has 1 fully saturated rings. The molecule has 1 aliphatic heterocycles. The molecule has 0 radical (unpaired) electrons.